The average Bonchev–Trinajstić information content (AvgIpc) is 3.58. The molecule has 1 heterocycles. The molecule has 2 aliphatic rings. The van der Waals surface area contributed by atoms with Gasteiger partial charge in [0.1, 0.15) is 11.5 Å². The van der Waals surface area contributed by atoms with Crippen LogP contribution in [0.1, 0.15) is 44.5 Å². The number of rotatable bonds is 5. The quantitative estimate of drug-likeness (QED) is 0.174. The van der Waals surface area contributed by atoms with E-state index in [9.17, 15) is 0 Å². The highest BCUT2D eigenvalue weighted by Crippen LogP contribution is 2.60. The van der Waals surface area contributed by atoms with Crippen LogP contribution in [-0.2, 0) is 10.8 Å². The number of benzene rings is 9. The fourth-order valence-electron chi connectivity index (χ4n) is 9.93. The largest absolute Gasteiger partial charge is 0.457 e. The van der Waals surface area contributed by atoms with Gasteiger partial charge in [-0.3, -0.25) is 0 Å². The van der Waals surface area contributed by atoms with Gasteiger partial charge in [0.05, 0.1) is 10.8 Å². The molecule has 0 radical (unpaired) electrons. The zero-order chi connectivity index (χ0) is 36.4. The third-order valence-corrected chi connectivity index (χ3v) is 12.1. The van der Waals surface area contributed by atoms with Crippen molar-refractivity contribution in [3.63, 3.8) is 0 Å². The van der Waals surface area contributed by atoms with E-state index in [1.54, 1.807) is 0 Å². The van der Waals surface area contributed by atoms with E-state index in [0.717, 1.165) is 28.2 Å². The molecule has 9 aromatic carbocycles. The predicted octanol–water partition coefficient (Wildman–Crippen LogP) is 13.4. The predicted molar refractivity (Wildman–Crippen MR) is 225 cm³/mol. The molecule has 0 N–H and O–H groups in total. The molecule has 1 atom stereocenters. The summed E-state index contributed by atoms with van der Waals surface area (Å²) in [6, 6.07) is 79.9. The standard InChI is InChI=1S/C54H36O/c1-4-19-39(20-5-1)53(40-21-6-2-7-22-40)47-30-16-17-31-50(47)55-51-36-38(33-34-48(51)53)42-25-12-14-28-45(42)54(41-23-8-3-9-24-41)46-29-15-13-27-44(46)52-43-26-11-10-18-37(43)32-35-49(52)54/h1-36H. The first-order chi connectivity index (χ1) is 27.3. The summed E-state index contributed by atoms with van der Waals surface area (Å²) in [4.78, 5) is 0. The fourth-order valence-corrected chi connectivity index (χ4v) is 9.93. The third kappa shape index (κ3) is 4.41. The second-order valence-electron chi connectivity index (χ2n) is 14.7. The Bertz CT molecular complexity index is 2850. The second kappa shape index (κ2) is 12.3. The Balaban J connectivity index is 1.20. The van der Waals surface area contributed by atoms with Crippen molar-refractivity contribution in [2.24, 2.45) is 0 Å². The first kappa shape index (κ1) is 31.6. The summed E-state index contributed by atoms with van der Waals surface area (Å²) in [6.07, 6.45) is 0. The van der Waals surface area contributed by atoms with Gasteiger partial charge in [0, 0.05) is 11.1 Å². The third-order valence-electron chi connectivity index (χ3n) is 12.1. The van der Waals surface area contributed by atoms with Crippen LogP contribution < -0.4 is 4.74 Å². The minimum absolute atomic E-state index is 0.561. The van der Waals surface area contributed by atoms with Crippen LogP contribution in [0.15, 0.2) is 218 Å². The first-order valence-corrected chi connectivity index (χ1v) is 19.1. The maximum absolute atomic E-state index is 6.97. The lowest BCUT2D eigenvalue weighted by Crippen LogP contribution is -2.34. The summed E-state index contributed by atoms with van der Waals surface area (Å²) in [7, 11) is 0. The zero-order valence-corrected chi connectivity index (χ0v) is 30.2. The summed E-state index contributed by atoms with van der Waals surface area (Å²) < 4.78 is 6.97. The number of para-hydroxylation sites is 1. The molecule has 0 amide bonds. The summed E-state index contributed by atoms with van der Waals surface area (Å²) in [5, 5.41) is 2.53. The number of hydrogen-bond donors (Lipinski definition) is 0. The SMILES string of the molecule is c1ccc(C2(c3ccccc3)c3ccccc3Oc3cc(-c4ccccc4C4(c5ccccc5)c5ccccc5-c5c4ccc4ccccc54)ccc32)cc1. The molecular formula is C54H36O. The van der Waals surface area contributed by atoms with E-state index >= 15 is 0 Å². The zero-order valence-electron chi connectivity index (χ0n) is 30.2. The number of hydrogen-bond acceptors (Lipinski definition) is 1. The van der Waals surface area contributed by atoms with Gasteiger partial charge in [-0.1, -0.05) is 206 Å². The Morgan fingerprint density at radius 2 is 0.800 bits per heavy atom. The minimum atomic E-state index is -0.569. The summed E-state index contributed by atoms with van der Waals surface area (Å²) >= 11 is 0. The normalized spacial score (nSPS) is 16.0. The van der Waals surface area contributed by atoms with Crippen molar-refractivity contribution < 1.29 is 4.74 Å². The molecule has 1 heteroatoms. The van der Waals surface area contributed by atoms with Crippen LogP contribution in [0.4, 0.5) is 0 Å². The van der Waals surface area contributed by atoms with Crippen molar-refractivity contribution in [1.82, 2.24) is 0 Å². The van der Waals surface area contributed by atoms with Gasteiger partial charge >= 0.3 is 0 Å². The van der Waals surface area contributed by atoms with Crippen molar-refractivity contribution in [2.75, 3.05) is 0 Å². The van der Waals surface area contributed by atoms with Crippen LogP contribution >= 0.6 is 0 Å². The van der Waals surface area contributed by atoms with Gasteiger partial charge < -0.3 is 4.74 Å². The van der Waals surface area contributed by atoms with Crippen molar-refractivity contribution in [2.45, 2.75) is 10.8 Å². The molecule has 1 unspecified atom stereocenters. The molecule has 0 saturated carbocycles. The molecule has 0 bridgehead atoms. The summed E-state index contributed by atoms with van der Waals surface area (Å²) in [5.41, 5.74) is 13.6. The van der Waals surface area contributed by atoms with E-state index in [0.29, 0.717) is 0 Å². The van der Waals surface area contributed by atoms with E-state index in [1.165, 1.54) is 60.8 Å². The number of fused-ring (bicyclic) bond motifs is 7. The van der Waals surface area contributed by atoms with Crippen LogP contribution in [-0.4, -0.2) is 0 Å². The highest BCUT2D eigenvalue weighted by atomic mass is 16.5. The Hall–Kier alpha value is -6.96. The summed E-state index contributed by atoms with van der Waals surface area (Å²) in [5.74, 6) is 1.74. The lowest BCUT2D eigenvalue weighted by atomic mass is 9.63. The average molecular weight is 701 g/mol. The molecule has 0 aromatic heterocycles. The molecule has 1 aliphatic carbocycles. The van der Waals surface area contributed by atoms with Crippen LogP contribution in [0.5, 0.6) is 11.5 Å². The van der Waals surface area contributed by atoms with Gasteiger partial charge in [-0.05, 0) is 78.5 Å². The lowest BCUT2D eigenvalue weighted by Gasteiger charge is -2.41. The fraction of sp³-hybridized carbons (Fsp3) is 0.0370. The molecule has 0 spiro atoms. The van der Waals surface area contributed by atoms with Gasteiger partial charge in [0.25, 0.3) is 0 Å². The molecule has 1 nitrogen and oxygen atoms in total. The van der Waals surface area contributed by atoms with Gasteiger partial charge in [-0.2, -0.15) is 0 Å². The number of ether oxygens (including phenoxy) is 1. The van der Waals surface area contributed by atoms with Gasteiger partial charge in [0.15, 0.2) is 0 Å². The monoisotopic (exact) mass is 700 g/mol. The Morgan fingerprint density at radius 3 is 1.49 bits per heavy atom. The lowest BCUT2D eigenvalue weighted by molar-refractivity contribution is 0.434. The smallest absolute Gasteiger partial charge is 0.132 e. The van der Waals surface area contributed by atoms with Crippen molar-refractivity contribution in [1.29, 1.82) is 0 Å². The topological polar surface area (TPSA) is 9.23 Å². The molecule has 11 rings (SSSR count). The van der Waals surface area contributed by atoms with E-state index in [2.05, 4.69) is 218 Å². The van der Waals surface area contributed by atoms with Gasteiger partial charge in [0.2, 0.25) is 0 Å². The minimum Gasteiger partial charge on any atom is -0.457 e. The maximum Gasteiger partial charge on any atom is 0.132 e. The highest BCUT2D eigenvalue weighted by molar-refractivity contribution is 6.04. The van der Waals surface area contributed by atoms with Gasteiger partial charge in [-0.25, -0.2) is 0 Å². The Morgan fingerprint density at radius 1 is 0.309 bits per heavy atom. The first-order valence-electron chi connectivity index (χ1n) is 19.1. The highest BCUT2D eigenvalue weighted by Gasteiger charge is 2.48. The van der Waals surface area contributed by atoms with Crippen LogP contribution in [0, 0.1) is 0 Å². The van der Waals surface area contributed by atoms with E-state index < -0.39 is 10.8 Å². The summed E-state index contributed by atoms with van der Waals surface area (Å²) in [6.45, 7) is 0. The molecule has 0 fully saturated rings. The van der Waals surface area contributed by atoms with Crippen molar-refractivity contribution in [3.05, 3.63) is 263 Å². The van der Waals surface area contributed by atoms with E-state index in [4.69, 9.17) is 4.74 Å². The van der Waals surface area contributed by atoms with Gasteiger partial charge in [-0.15, -0.1) is 0 Å². The molecule has 1 aliphatic heterocycles. The molecule has 0 saturated heterocycles. The second-order valence-corrected chi connectivity index (χ2v) is 14.7. The Labute approximate surface area is 321 Å². The van der Waals surface area contributed by atoms with Crippen molar-refractivity contribution in [3.8, 4) is 33.8 Å². The maximum atomic E-state index is 6.97. The molecule has 9 aromatic rings. The van der Waals surface area contributed by atoms with E-state index in [1.807, 2.05) is 0 Å². The van der Waals surface area contributed by atoms with Crippen molar-refractivity contribution >= 4 is 10.8 Å². The Kier molecular flexibility index (Phi) is 7.06. The van der Waals surface area contributed by atoms with Crippen LogP contribution in [0.3, 0.4) is 0 Å². The van der Waals surface area contributed by atoms with Crippen LogP contribution in [0.2, 0.25) is 0 Å². The molecular weight excluding hydrogens is 665 g/mol. The molecule has 258 valence electrons. The molecule has 55 heavy (non-hydrogen) atoms. The van der Waals surface area contributed by atoms with Crippen LogP contribution in [0.25, 0.3) is 33.0 Å². The van der Waals surface area contributed by atoms with E-state index in [-0.39, 0.29) is 0 Å².